The van der Waals surface area contributed by atoms with Gasteiger partial charge in [0.15, 0.2) is 5.78 Å². The van der Waals surface area contributed by atoms with Crippen LogP contribution in [0.25, 0.3) is 0 Å². The molecule has 1 saturated heterocycles. The summed E-state index contributed by atoms with van der Waals surface area (Å²) >= 11 is 12.3. The van der Waals surface area contributed by atoms with E-state index in [2.05, 4.69) is 21.2 Å². The predicted octanol–water partition coefficient (Wildman–Crippen LogP) is 5.11. The Balaban J connectivity index is 1.87. The number of benzene rings is 1. The van der Waals surface area contributed by atoms with E-state index in [1.807, 2.05) is 54.1 Å². The van der Waals surface area contributed by atoms with Gasteiger partial charge in [-0.15, -0.1) is 11.8 Å². The average molecular weight is 514 g/mol. The Morgan fingerprint density at radius 2 is 2.17 bits per heavy atom. The molecule has 29 heavy (non-hydrogen) atoms. The molecule has 0 aliphatic carbocycles. The Bertz CT molecular complexity index is 884. The van der Waals surface area contributed by atoms with Crippen LogP contribution in [0.5, 0.6) is 0 Å². The summed E-state index contributed by atoms with van der Waals surface area (Å²) in [5.41, 5.74) is 5.95. The highest BCUT2D eigenvalue weighted by Crippen LogP contribution is 2.42. The number of hydrogen-bond acceptors (Lipinski definition) is 5. The number of thiophene rings is 1. The third-order valence-corrected chi connectivity index (χ3v) is 7.83. The van der Waals surface area contributed by atoms with E-state index in [1.54, 1.807) is 17.4 Å². The van der Waals surface area contributed by atoms with Crippen molar-refractivity contribution in [1.29, 1.82) is 0 Å². The van der Waals surface area contributed by atoms with Crippen molar-refractivity contribution in [2.45, 2.75) is 40.4 Å². The van der Waals surface area contributed by atoms with Gasteiger partial charge < -0.3 is 11.1 Å². The molecule has 154 valence electrons. The fourth-order valence-corrected chi connectivity index (χ4v) is 5.63. The van der Waals surface area contributed by atoms with E-state index in [0.717, 1.165) is 10.5 Å². The molecule has 8 heteroatoms. The minimum atomic E-state index is -0.811. The standard InChI is InChI=1S/C21H22BrClN2O2S2/c1-13(5-4-8-18(22)24)21(14-9-10-28-12-14)11-16(26)19(20(27)25-21)29-17-7-3-2-6-15(17)23/h2-7,9-10,12-13,18-19H,8,11,24H2,1H3,(H,25,27)/b5-4-. The summed E-state index contributed by atoms with van der Waals surface area (Å²) in [7, 11) is 0. The lowest BCUT2D eigenvalue weighted by atomic mass is 9.73. The van der Waals surface area contributed by atoms with E-state index in [4.69, 9.17) is 17.3 Å². The SMILES string of the molecule is CC(/C=C\CC(N)Br)C1(c2ccsc2)CC(=O)C(Sc2ccccc2Cl)C(=O)N1. The second kappa shape index (κ2) is 9.79. The zero-order valence-electron chi connectivity index (χ0n) is 15.8. The molecule has 1 amide bonds. The summed E-state index contributed by atoms with van der Waals surface area (Å²) in [6.07, 6.45) is 4.90. The Kier molecular flexibility index (Phi) is 7.62. The number of Topliss-reactive ketones (excluding diaryl/α,β-unsaturated/α-hetero) is 1. The Morgan fingerprint density at radius 3 is 2.79 bits per heavy atom. The molecular formula is C21H22BrClN2O2S2. The number of halogens is 2. The van der Waals surface area contributed by atoms with Crippen LogP contribution in [0, 0.1) is 5.92 Å². The average Bonchev–Trinajstić information content (AvgIpc) is 3.20. The lowest BCUT2D eigenvalue weighted by Crippen LogP contribution is -2.60. The fraction of sp³-hybridized carbons (Fsp3) is 0.333. The van der Waals surface area contributed by atoms with E-state index < -0.39 is 10.8 Å². The quantitative estimate of drug-likeness (QED) is 0.234. The predicted molar refractivity (Wildman–Crippen MR) is 125 cm³/mol. The van der Waals surface area contributed by atoms with Gasteiger partial charge in [-0.25, -0.2) is 0 Å². The third kappa shape index (κ3) is 5.14. The first-order valence-electron chi connectivity index (χ1n) is 9.18. The van der Waals surface area contributed by atoms with Crippen LogP contribution in [0.15, 0.2) is 58.1 Å². The number of alkyl halides is 1. The number of carbonyl (C=O) groups excluding carboxylic acids is 2. The summed E-state index contributed by atoms with van der Waals surface area (Å²) < 4.78 is 0. The highest BCUT2D eigenvalue weighted by molar-refractivity contribution is 9.09. The highest BCUT2D eigenvalue weighted by atomic mass is 79.9. The molecule has 2 aromatic rings. The van der Waals surface area contributed by atoms with Gasteiger partial charge in [0, 0.05) is 17.2 Å². The number of thioether (sulfide) groups is 1. The molecule has 4 nitrogen and oxygen atoms in total. The molecule has 0 bridgehead atoms. The smallest absolute Gasteiger partial charge is 0.241 e. The van der Waals surface area contributed by atoms with Crippen LogP contribution in [0.2, 0.25) is 5.02 Å². The van der Waals surface area contributed by atoms with Gasteiger partial charge in [-0.1, -0.05) is 58.7 Å². The van der Waals surface area contributed by atoms with Crippen molar-refractivity contribution in [3.05, 3.63) is 63.8 Å². The number of piperidine rings is 1. The number of nitrogens with two attached hydrogens (primary N) is 1. The first-order chi connectivity index (χ1) is 13.8. The third-order valence-electron chi connectivity index (χ3n) is 5.01. The van der Waals surface area contributed by atoms with Crippen LogP contribution in [0.3, 0.4) is 0 Å². The lowest BCUT2D eigenvalue weighted by Gasteiger charge is -2.43. The Morgan fingerprint density at radius 1 is 1.41 bits per heavy atom. The number of amides is 1. The Hall–Kier alpha value is -1.12. The van der Waals surface area contributed by atoms with Gasteiger partial charge in [-0.3, -0.25) is 9.59 Å². The number of rotatable bonds is 7. The van der Waals surface area contributed by atoms with Gasteiger partial charge in [0.05, 0.1) is 15.5 Å². The van der Waals surface area contributed by atoms with E-state index >= 15 is 0 Å². The van der Waals surface area contributed by atoms with Gasteiger partial charge >= 0.3 is 0 Å². The Labute approximate surface area is 192 Å². The largest absolute Gasteiger partial charge is 0.344 e. The maximum Gasteiger partial charge on any atom is 0.241 e. The zero-order valence-corrected chi connectivity index (χ0v) is 19.8. The van der Waals surface area contributed by atoms with Gasteiger partial charge in [0.25, 0.3) is 0 Å². The van der Waals surface area contributed by atoms with Crippen molar-refractivity contribution >= 4 is 62.3 Å². The minimum absolute atomic E-state index is 0.0810. The van der Waals surface area contributed by atoms with Crippen molar-refractivity contribution in [3.8, 4) is 0 Å². The maximum absolute atomic E-state index is 13.1. The molecule has 3 rings (SSSR count). The molecule has 0 saturated carbocycles. The number of carbonyl (C=O) groups is 2. The van der Waals surface area contributed by atoms with Crippen LogP contribution in [-0.2, 0) is 15.1 Å². The van der Waals surface area contributed by atoms with Gasteiger partial charge in [0.2, 0.25) is 5.91 Å². The molecule has 1 aliphatic rings. The molecule has 2 heterocycles. The normalized spacial score (nSPS) is 24.5. The van der Waals surface area contributed by atoms with Gasteiger partial charge in [0.1, 0.15) is 5.25 Å². The van der Waals surface area contributed by atoms with Gasteiger partial charge in [-0.05, 0) is 40.9 Å². The van der Waals surface area contributed by atoms with Crippen LogP contribution in [0.4, 0.5) is 0 Å². The second-order valence-electron chi connectivity index (χ2n) is 7.01. The van der Waals surface area contributed by atoms with E-state index in [0.29, 0.717) is 11.4 Å². The fourth-order valence-electron chi connectivity index (χ4n) is 3.44. The van der Waals surface area contributed by atoms with Crippen molar-refractivity contribution in [2.75, 3.05) is 0 Å². The molecule has 4 unspecified atom stereocenters. The monoisotopic (exact) mass is 512 g/mol. The lowest BCUT2D eigenvalue weighted by molar-refractivity contribution is -0.134. The van der Waals surface area contributed by atoms with Crippen molar-refractivity contribution < 1.29 is 9.59 Å². The van der Waals surface area contributed by atoms with Crippen molar-refractivity contribution in [3.63, 3.8) is 0 Å². The first-order valence-corrected chi connectivity index (χ1v) is 12.3. The number of ketones is 1. The summed E-state index contributed by atoms with van der Waals surface area (Å²) in [6, 6.07) is 9.22. The maximum atomic E-state index is 13.1. The summed E-state index contributed by atoms with van der Waals surface area (Å²) in [5, 5.41) is 6.86. The topological polar surface area (TPSA) is 72.2 Å². The molecule has 1 aliphatic heterocycles. The first kappa shape index (κ1) is 22.6. The number of nitrogens with one attached hydrogen (secondary N) is 1. The van der Waals surface area contributed by atoms with Crippen LogP contribution in [0.1, 0.15) is 25.3 Å². The van der Waals surface area contributed by atoms with Crippen molar-refractivity contribution in [2.24, 2.45) is 11.7 Å². The summed E-state index contributed by atoms with van der Waals surface area (Å²) in [6.45, 7) is 2.02. The summed E-state index contributed by atoms with van der Waals surface area (Å²) in [5.74, 6) is -0.459. The van der Waals surface area contributed by atoms with Crippen molar-refractivity contribution in [1.82, 2.24) is 5.32 Å². The van der Waals surface area contributed by atoms with E-state index in [9.17, 15) is 9.59 Å². The summed E-state index contributed by atoms with van der Waals surface area (Å²) in [4.78, 5) is 26.8. The molecule has 0 spiro atoms. The van der Waals surface area contributed by atoms with Crippen LogP contribution < -0.4 is 11.1 Å². The van der Waals surface area contributed by atoms with E-state index in [-0.39, 0.29) is 29.0 Å². The van der Waals surface area contributed by atoms with Gasteiger partial charge in [-0.2, -0.15) is 11.3 Å². The van der Waals surface area contributed by atoms with Crippen LogP contribution >= 0.6 is 50.6 Å². The molecular weight excluding hydrogens is 492 g/mol. The minimum Gasteiger partial charge on any atom is -0.344 e. The second-order valence-corrected chi connectivity index (χ2v) is 10.5. The molecule has 1 fully saturated rings. The number of hydrogen-bond donors (Lipinski definition) is 2. The highest BCUT2D eigenvalue weighted by Gasteiger charge is 2.48. The molecule has 3 N–H and O–H groups in total. The molecule has 1 aromatic carbocycles. The van der Waals surface area contributed by atoms with Crippen LogP contribution in [-0.4, -0.2) is 21.9 Å². The molecule has 1 aromatic heterocycles. The zero-order chi connectivity index (χ0) is 21.0. The molecule has 0 radical (unpaired) electrons. The van der Waals surface area contributed by atoms with E-state index in [1.165, 1.54) is 11.8 Å². The molecule has 4 atom stereocenters.